The molecule has 1 aromatic carbocycles. The van der Waals surface area contributed by atoms with Gasteiger partial charge in [-0.15, -0.1) is 0 Å². The van der Waals surface area contributed by atoms with Crippen LogP contribution in [0.25, 0.3) is 0 Å². The van der Waals surface area contributed by atoms with Crippen LogP contribution < -0.4 is 10.1 Å². The van der Waals surface area contributed by atoms with E-state index in [4.69, 9.17) is 4.74 Å². The minimum absolute atomic E-state index is 0.0167. The van der Waals surface area contributed by atoms with Gasteiger partial charge < -0.3 is 15.0 Å². The van der Waals surface area contributed by atoms with Crippen molar-refractivity contribution < 1.29 is 14.3 Å². The van der Waals surface area contributed by atoms with E-state index in [2.05, 4.69) is 10.4 Å². The number of benzene rings is 1. The molecule has 0 bridgehead atoms. The Morgan fingerprint density at radius 3 is 2.48 bits per heavy atom. The predicted molar refractivity (Wildman–Crippen MR) is 111 cm³/mol. The van der Waals surface area contributed by atoms with E-state index in [1.165, 1.54) is 0 Å². The second kappa shape index (κ2) is 9.11. The smallest absolute Gasteiger partial charge is 0.227 e. The molecule has 1 saturated heterocycles. The van der Waals surface area contributed by atoms with Gasteiger partial charge in [0, 0.05) is 43.0 Å². The quantitative estimate of drug-likeness (QED) is 0.807. The summed E-state index contributed by atoms with van der Waals surface area (Å²) >= 11 is 0. The number of hydrogen-bond acceptors (Lipinski definition) is 4. The first kappa shape index (κ1) is 20.9. The van der Waals surface area contributed by atoms with Gasteiger partial charge in [-0.3, -0.25) is 14.3 Å². The minimum atomic E-state index is 0.0167. The van der Waals surface area contributed by atoms with Crippen LogP contribution in [0.15, 0.2) is 24.3 Å². The lowest BCUT2D eigenvalue weighted by Crippen LogP contribution is -2.47. The molecule has 0 radical (unpaired) electrons. The van der Waals surface area contributed by atoms with Crippen molar-refractivity contribution in [2.45, 2.75) is 45.6 Å². The van der Waals surface area contributed by atoms with Gasteiger partial charge in [0.05, 0.1) is 25.6 Å². The zero-order chi connectivity index (χ0) is 21.0. The molecule has 2 aromatic rings. The number of methoxy groups -OCH3 is 1. The fourth-order valence-corrected chi connectivity index (χ4v) is 3.91. The molecule has 7 nitrogen and oxygen atoms in total. The lowest BCUT2D eigenvalue weighted by molar-refractivity contribution is -0.131. The molecule has 1 fully saturated rings. The van der Waals surface area contributed by atoms with Crippen molar-refractivity contribution in [2.75, 3.05) is 20.2 Å². The SMILES string of the molecule is COc1ccccc1CC(=O)N1CCC(NC(=O)Cc2c(C)nn(C)c2C)CC1. The van der Waals surface area contributed by atoms with Crippen molar-refractivity contribution in [1.29, 1.82) is 0 Å². The standard InChI is InChI=1S/C22H30N4O3/c1-15-19(16(2)25(3)24-15)14-21(27)23-18-9-11-26(12-10-18)22(28)13-17-7-5-6-8-20(17)29-4/h5-8,18H,9-14H2,1-4H3,(H,23,27). The molecule has 29 heavy (non-hydrogen) atoms. The van der Waals surface area contributed by atoms with E-state index < -0.39 is 0 Å². The third kappa shape index (κ3) is 4.96. The molecule has 0 aliphatic carbocycles. The summed E-state index contributed by atoms with van der Waals surface area (Å²) in [6, 6.07) is 7.71. The number of amides is 2. The largest absolute Gasteiger partial charge is 0.496 e. The van der Waals surface area contributed by atoms with Gasteiger partial charge in [0.2, 0.25) is 11.8 Å². The number of rotatable bonds is 6. The summed E-state index contributed by atoms with van der Waals surface area (Å²) in [6.45, 7) is 5.23. The van der Waals surface area contributed by atoms with Gasteiger partial charge in [-0.25, -0.2) is 0 Å². The van der Waals surface area contributed by atoms with E-state index in [0.29, 0.717) is 25.9 Å². The maximum atomic E-state index is 12.7. The first-order valence-corrected chi connectivity index (χ1v) is 10.1. The number of carbonyl (C=O) groups excluding carboxylic acids is 2. The summed E-state index contributed by atoms with van der Waals surface area (Å²) in [7, 11) is 3.51. The molecule has 2 heterocycles. The lowest BCUT2D eigenvalue weighted by atomic mass is 10.0. The second-order valence-electron chi connectivity index (χ2n) is 7.66. The molecule has 1 N–H and O–H groups in total. The number of aromatic nitrogens is 2. The van der Waals surface area contributed by atoms with Crippen molar-refractivity contribution in [2.24, 2.45) is 7.05 Å². The molecule has 0 saturated carbocycles. The first-order chi connectivity index (χ1) is 13.9. The van der Waals surface area contributed by atoms with Crippen LogP contribution in [0.1, 0.15) is 35.4 Å². The molecule has 0 unspecified atom stereocenters. The maximum absolute atomic E-state index is 12.7. The highest BCUT2D eigenvalue weighted by Crippen LogP contribution is 2.20. The molecule has 1 aromatic heterocycles. The summed E-state index contributed by atoms with van der Waals surface area (Å²) in [5.41, 5.74) is 3.82. The fourth-order valence-electron chi connectivity index (χ4n) is 3.91. The molecule has 3 rings (SSSR count). The van der Waals surface area contributed by atoms with E-state index in [0.717, 1.165) is 41.1 Å². The van der Waals surface area contributed by atoms with E-state index in [-0.39, 0.29) is 17.9 Å². The Morgan fingerprint density at radius 1 is 1.17 bits per heavy atom. The molecule has 1 aliphatic rings. The molecular weight excluding hydrogens is 368 g/mol. The fraction of sp³-hybridized carbons (Fsp3) is 0.500. The minimum Gasteiger partial charge on any atom is -0.496 e. The van der Waals surface area contributed by atoms with Gasteiger partial charge in [0.1, 0.15) is 5.75 Å². The lowest BCUT2D eigenvalue weighted by Gasteiger charge is -2.32. The van der Waals surface area contributed by atoms with Gasteiger partial charge in [0.25, 0.3) is 0 Å². The number of nitrogens with one attached hydrogen (secondary N) is 1. The van der Waals surface area contributed by atoms with E-state index in [1.54, 1.807) is 7.11 Å². The molecule has 156 valence electrons. The summed E-state index contributed by atoms with van der Waals surface area (Å²) < 4.78 is 7.15. The highest BCUT2D eigenvalue weighted by atomic mass is 16.5. The molecule has 2 amide bonds. The van der Waals surface area contributed by atoms with Crippen molar-refractivity contribution in [3.05, 3.63) is 46.8 Å². The first-order valence-electron chi connectivity index (χ1n) is 10.1. The van der Waals surface area contributed by atoms with Gasteiger partial charge >= 0.3 is 0 Å². The van der Waals surface area contributed by atoms with Crippen LogP contribution in [0, 0.1) is 13.8 Å². The highest BCUT2D eigenvalue weighted by Gasteiger charge is 2.25. The van der Waals surface area contributed by atoms with E-state index >= 15 is 0 Å². The molecule has 0 atom stereocenters. The molecule has 0 spiro atoms. The second-order valence-corrected chi connectivity index (χ2v) is 7.66. The zero-order valence-electron chi connectivity index (χ0n) is 17.7. The van der Waals surface area contributed by atoms with Gasteiger partial charge in [-0.1, -0.05) is 18.2 Å². The van der Waals surface area contributed by atoms with Gasteiger partial charge in [-0.2, -0.15) is 5.10 Å². The van der Waals surface area contributed by atoms with Crippen molar-refractivity contribution in [3.63, 3.8) is 0 Å². The maximum Gasteiger partial charge on any atom is 0.227 e. The Morgan fingerprint density at radius 2 is 1.86 bits per heavy atom. The Labute approximate surface area is 172 Å². The van der Waals surface area contributed by atoms with E-state index in [9.17, 15) is 9.59 Å². The summed E-state index contributed by atoms with van der Waals surface area (Å²) in [4.78, 5) is 27.0. The third-order valence-corrected chi connectivity index (χ3v) is 5.74. The van der Waals surface area contributed by atoms with Crippen LogP contribution in [0.4, 0.5) is 0 Å². The van der Waals surface area contributed by atoms with Gasteiger partial charge in [0.15, 0.2) is 0 Å². The average molecular weight is 399 g/mol. The Balaban J connectivity index is 1.48. The van der Waals surface area contributed by atoms with Crippen molar-refractivity contribution in [3.8, 4) is 5.75 Å². The number of hydrogen-bond donors (Lipinski definition) is 1. The van der Waals surface area contributed by atoms with E-state index in [1.807, 2.05) is 54.7 Å². The number of piperidine rings is 1. The molecule has 1 aliphatic heterocycles. The monoisotopic (exact) mass is 398 g/mol. The van der Waals surface area contributed by atoms with Gasteiger partial charge in [-0.05, 0) is 32.8 Å². The highest BCUT2D eigenvalue weighted by molar-refractivity contribution is 5.80. The van der Waals surface area contributed by atoms with Crippen LogP contribution in [-0.4, -0.2) is 52.7 Å². The Bertz CT molecular complexity index is 882. The molecular formula is C22H30N4O3. The van der Waals surface area contributed by atoms with Crippen LogP contribution in [-0.2, 0) is 29.5 Å². The summed E-state index contributed by atoms with van der Waals surface area (Å²) in [5.74, 6) is 0.855. The predicted octanol–water partition coefficient (Wildman–Crippen LogP) is 1.94. The topological polar surface area (TPSA) is 76.5 Å². The normalized spacial score (nSPS) is 14.7. The Kier molecular flexibility index (Phi) is 6.56. The number of para-hydroxylation sites is 1. The summed E-state index contributed by atoms with van der Waals surface area (Å²) in [5, 5.41) is 7.49. The third-order valence-electron chi connectivity index (χ3n) is 5.74. The molecule has 7 heteroatoms. The number of likely N-dealkylation sites (tertiary alicyclic amines) is 1. The number of aryl methyl sites for hydroxylation is 2. The van der Waals surface area contributed by atoms with Crippen molar-refractivity contribution >= 4 is 11.8 Å². The van der Waals surface area contributed by atoms with Crippen LogP contribution >= 0.6 is 0 Å². The average Bonchev–Trinajstić information content (AvgIpc) is 2.95. The van der Waals surface area contributed by atoms with Crippen LogP contribution in [0.2, 0.25) is 0 Å². The van der Waals surface area contributed by atoms with Crippen LogP contribution in [0.3, 0.4) is 0 Å². The number of carbonyl (C=O) groups is 2. The van der Waals surface area contributed by atoms with Crippen molar-refractivity contribution in [1.82, 2.24) is 20.0 Å². The number of nitrogens with zero attached hydrogens (tertiary/aromatic N) is 3. The Hall–Kier alpha value is -2.83. The zero-order valence-corrected chi connectivity index (χ0v) is 17.7. The summed E-state index contributed by atoms with van der Waals surface area (Å²) in [6.07, 6.45) is 2.22. The van der Waals surface area contributed by atoms with Crippen LogP contribution in [0.5, 0.6) is 5.75 Å². The number of ether oxygens (including phenoxy) is 1.